The van der Waals surface area contributed by atoms with Gasteiger partial charge >= 0.3 is 0 Å². The van der Waals surface area contributed by atoms with Crippen LogP contribution in [-0.4, -0.2) is 5.84 Å². The fourth-order valence-corrected chi connectivity index (χ4v) is 8.60. The van der Waals surface area contributed by atoms with Gasteiger partial charge in [-0.1, -0.05) is 121 Å². The minimum atomic E-state index is -0.366. The summed E-state index contributed by atoms with van der Waals surface area (Å²) < 4.78 is 15.4. The Morgan fingerprint density at radius 1 is 0.588 bits per heavy atom. The predicted octanol–water partition coefficient (Wildman–Crippen LogP) is 11.7. The molecule has 7 aromatic carbocycles. The Kier molecular flexibility index (Phi) is 6.98. The van der Waals surface area contributed by atoms with Crippen molar-refractivity contribution in [3.63, 3.8) is 0 Å². The third-order valence-electron chi connectivity index (χ3n) is 9.83. The molecule has 0 saturated heterocycles. The number of fused-ring (bicyclic) bond motifs is 9. The smallest absolute Gasteiger partial charge is 0.143 e. The number of furan rings is 2. The number of nitrogens with one attached hydrogen (secondary N) is 1. The molecular weight excluding hydrogens is 647 g/mol. The first-order valence-electron chi connectivity index (χ1n) is 17.1. The van der Waals surface area contributed by atoms with Crippen LogP contribution in [-0.2, 0) is 6.54 Å². The molecule has 0 saturated carbocycles. The Morgan fingerprint density at radius 3 is 2.02 bits per heavy atom. The lowest BCUT2D eigenvalue weighted by atomic mass is 9.99. The second kappa shape index (κ2) is 12.0. The van der Waals surface area contributed by atoms with Crippen LogP contribution in [0, 0.1) is 0 Å². The monoisotopic (exact) mass is 677 g/mol. The average Bonchev–Trinajstić information content (AvgIpc) is 3.88. The molecule has 10 aromatic rings. The van der Waals surface area contributed by atoms with Crippen molar-refractivity contribution in [2.45, 2.75) is 12.7 Å². The molecule has 3 aromatic heterocycles. The topological polar surface area (TPSA) is 76.7 Å². The van der Waals surface area contributed by atoms with Gasteiger partial charge in [0.2, 0.25) is 0 Å². The van der Waals surface area contributed by atoms with Gasteiger partial charge in [0.25, 0.3) is 0 Å². The van der Waals surface area contributed by atoms with Crippen molar-refractivity contribution in [3.05, 3.63) is 168 Å². The number of thiophene rings is 1. The van der Waals surface area contributed by atoms with E-state index < -0.39 is 0 Å². The van der Waals surface area contributed by atoms with Crippen LogP contribution < -0.4 is 11.1 Å². The highest BCUT2D eigenvalue weighted by Crippen LogP contribution is 2.42. The highest BCUT2D eigenvalue weighted by molar-refractivity contribution is 7.26. The lowest BCUT2D eigenvalue weighted by molar-refractivity contribution is 0.558. The summed E-state index contributed by atoms with van der Waals surface area (Å²) in [6.07, 6.45) is -0.366. The van der Waals surface area contributed by atoms with Crippen LogP contribution in [0.3, 0.4) is 0 Å². The first-order chi connectivity index (χ1) is 25.2. The van der Waals surface area contributed by atoms with Crippen molar-refractivity contribution in [3.8, 4) is 11.1 Å². The van der Waals surface area contributed by atoms with Crippen molar-refractivity contribution in [1.82, 2.24) is 5.32 Å². The number of amidine groups is 1. The van der Waals surface area contributed by atoms with Gasteiger partial charge in [-0.25, -0.2) is 4.99 Å². The first kappa shape index (κ1) is 29.7. The molecule has 1 atom stereocenters. The molecule has 1 unspecified atom stereocenters. The number of nitrogens with two attached hydrogens (primary N) is 1. The minimum absolute atomic E-state index is 0.366. The largest absolute Gasteiger partial charge is 0.455 e. The van der Waals surface area contributed by atoms with Gasteiger partial charge in [-0.3, -0.25) is 5.32 Å². The van der Waals surface area contributed by atoms with Gasteiger partial charge in [-0.2, -0.15) is 0 Å². The first-order valence-corrected chi connectivity index (χ1v) is 17.9. The van der Waals surface area contributed by atoms with E-state index >= 15 is 0 Å². The van der Waals surface area contributed by atoms with Crippen LogP contribution >= 0.6 is 11.3 Å². The SMILES string of the molecule is NC(=NC(NCc1ccccc1)c1cccc2c1sc1ccccc12)c1ccc2oc3c(-c4cccc5c4oc4ccccc45)cccc3c2c1. The third-order valence-corrected chi connectivity index (χ3v) is 11.1. The van der Waals surface area contributed by atoms with Gasteiger partial charge in [0.05, 0.1) is 0 Å². The highest BCUT2D eigenvalue weighted by atomic mass is 32.1. The van der Waals surface area contributed by atoms with Gasteiger partial charge in [-0.15, -0.1) is 11.3 Å². The van der Waals surface area contributed by atoms with E-state index in [-0.39, 0.29) is 6.17 Å². The maximum atomic E-state index is 6.92. The molecule has 3 heterocycles. The fraction of sp³-hybridized carbons (Fsp3) is 0.0444. The quantitative estimate of drug-likeness (QED) is 0.130. The number of rotatable bonds is 7. The van der Waals surface area contributed by atoms with Gasteiger partial charge < -0.3 is 14.6 Å². The molecule has 5 nitrogen and oxygen atoms in total. The van der Waals surface area contributed by atoms with E-state index in [0.717, 1.165) is 66.1 Å². The lowest BCUT2D eigenvalue weighted by Crippen LogP contribution is -2.24. The summed E-state index contributed by atoms with van der Waals surface area (Å²) in [4.78, 5) is 5.19. The van der Waals surface area contributed by atoms with E-state index in [1.807, 2.05) is 36.4 Å². The molecule has 0 aliphatic carbocycles. The summed E-state index contributed by atoms with van der Waals surface area (Å²) in [7, 11) is 0. The fourth-order valence-electron chi connectivity index (χ4n) is 7.36. The van der Waals surface area contributed by atoms with Crippen LogP contribution in [0.4, 0.5) is 0 Å². The van der Waals surface area contributed by atoms with E-state index in [2.05, 4.69) is 121 Å². The summed E-state index contributed by atoms with van der Waals surface area (Å²) in [5, 5.41) is 10.4. The number of hydrogen-bond donors (Lipinski definition) is 2. The molecule has 0 aliphatic rings. The summed E-state index contributed by atoms with van der Waals surface area (Å²) in [5.41, 5.74) is 15.3. The summed E-state index contributed by atoms with van der Waals surface area (Å²) in [6.45, 7) is 0.649. The Bertz CT molecular complexity index is 2950. The Labute approximate surface area is 297 Å². The van der Waals surface area contributed by atoms with Crippen LogP contribution in [0.5, 0.6) is 0 Å². The molecule has 244 valence electrons. The predicted molar refractivity (Wildman–Crippen MR) is 213 cm³/mol. The number of nitrogens with zero attached hydrogens (tertiary/aromatic N) is 1. The van der Waals surface area contributed by atoms with E-state index in [0.29, 0.717) is 12.4 Å². The zero-order valence-electron chi connectivity index (χ0n) is 27.5. The Hall–Kier alpha value is -6.21. The molecule has 0 aliphatic heterocycles. The summed E-state index contributed by atoms with van der Waals surface area (Å²) in [6, 6.07) is 52.3. The highest BCUT2D eigenvalue weighted by Gasteiger charge is 2.20. The standard InChI is InChI=1S/C45H31N3O2S/c46-44(48-45(47-26-27-11-2-1-3-12-27)36-20-10-19-35-30-14-5-7-22-40(30)51-43(35)36)28-23-24-39-37(25-28)34-18-9-17-33(42(34)50-39)32-16-8-15-31-29-13-4-6-21-38(29)49-41(31)32/h1-25,45,47H,26H2,(H2,46,48). The molecule has 3 N–H and O–H groups in total. The van der Waals surface area contributed by atoms with Gasteiger partial charge in [0.15, 0.2) is 0 Å². The van der Waals surface area contributed by atoms with Gasteiger partial charge in [-0.05, 0) is 35.9 Å². The van der Waals surface area contributed by atoms with Crippen molar-refractivity contribution >= 4 is 81.2 Å². The number of para-hydroxylation sites is 3. The van der Waals surface area contributed by atoms with Gasteiger partial charge in [0.1, 0.15) is 34.3 Å². The number of hydrogen-bond acceptors (Lipinski definition) is 5. The molecule has 10 rings (SSSR count). The maximum Gasteiger partial charge on any atom is 0.143 e. The van der Waals surface area contributed by atoms with Crippen LogP contribution in [0.2, 0.25) is 0 Å². The van der Waals surface area contributed by atoms with Crippen molar-refractivity contribution < 1.29 is 8.83 Å². The van der Waals surface area contributed by atoms with E-state index in [9.17, 15) is 0 Å². The zero-order valence-corrected chi connectivity index (χ0v) is 28.3. The van der Waals surface area contributed by atoms with Gasteiger partial charge in [0, 0.05) is 70.5 Å². The molecule has 0 fully saturated rings. The maximum absolute atomic E-state index is 6.92. The normalized spacial score (nSPS) is 13.0. The second-order valence-electron chi connectivity index (χ2n) is 12.9. The number of benzene rings is 7. The molecule has 0 spiro atoms. The van der Waals surface area contributed by atoms with Crippen LogP contribution in [0.15, 0.2) is 165 Å². The summed E-state index contributed by atoms with van der Waals surface area (Å²) >= 11 is 1.80. The Morgan fingerprint density at radius 2 is 1.22 bits per heavy atom. The molecule has 6 heteroatoms. The summed E-state index contributed by atoms with van der Waals surface area (Å²) in [5.74, 6) is 0.457. The molecule has 51 heavy (non-hydrogen) atoms. The number of aliphatic imine (C=N–C) groups is 1. The Balaban J connectivity index is 1.08. The third kappa shape index (κ3) is 4.99. The van der Waals surface area contributed by atoms with Crippen molar-refractivity contribution in [1.29, 1.82) is 0 Å². The van der Waals surface area contributed by atoms with Crippen molar-refractivity contribution in [2.75, 3.05) is 0 Å². The second-order valence-corrected chi connectivity index (χ2v) is 13.9. The average molecular weight is 678 g/mol. The van der Waals surface area contributed by atoms with Crippen molar-refractivity contribution in [2.24, 2.45) is 10.7 Å². The minimum Gasteiger partial charge on any atom is -0.455 e. The van der Waals surface area contributed by atoms with Crippen LogP contribution in [0.25, 0.3) is 75.2 Å². The van der Waals surface area contributed by atoms with Crippen LogP contribution in [0.1, 0.15) is 22.9 Å². The van der Waals surface area contributed by atoms with E-state index in [1.54, 1.807) is 11.3 Å². The molecule has 0 radical (unpaired) electrons. The molecule has 0 amide bonds. The lowest BCUT2D eigenvalue weighted by Gasteiger charge is -2.17. The van der Waals surface area contributed by atoms with E-state index in [4.69, 9.17) is 19.6 Å². The molecule has 0 bridgehead atoms. The zero-order chi connectivity index (χ0) is 33.9. The van der Waals surface area contributed by atoms with E-state index in [1.165, 1.54) is 25.7 Å². The molecular formula is C45H31N3O2S.